The van der Waals surface area contributed by atoms with E-state index in [0.717, 1.165) is 29.4 Å². The molecule has 27 heavy (non-hydrogen) atoms. The molecule has 7 heteroatoms. The summed E-state index contributed by atoms with van der Waals surface area (Å²) in [4.78, 5) is 40.0. The molecule has 0 saturated carbocycles. The molecule has 0 aliphatic carbocycles. The first kappa shape index (κ1) is 20.2. The third kappa shape index (κ3) is 4.36. The zero-order valence-corrected chi connectivity index (χ0v) is 16.0. The summed E-state index contributed by atoms with van der Waals surface area (Å²) in [6, 6.07) is 7.04. The van der Waals surface area contributed by atoms with Gasteiger partial charge in [0.15, 0.2) is 5.92 Å². The van der Waals surface area contributed by atoms with Crippen LogP contribution in [0.1, 0.15) is 20.8 Å². The lowest BCUT2D eigenvalue weighted by atomic mass is 9.99. The molecular formula is C20H26N4O3. The summed E-state index contributed by atoms with van der Waals surface area (Å²) < 4.78 is 0. The highest BCUT2D eigenvalue weighted by Gasteiger charge is 2.42. The average Bonchev–Trinajstić information content (AvgIpc) is 2.66. The lowest BCUT2D eigenvalue weighted by Crippen LogP contribution is -2.58. The second-order valence-corrected chi connectivity index (χ2v) is 6.05. The molecule has 144 valence electrons. The number of nitrogens with zero attached hydrogens (tertiary/aromatic N) is 2. The van der Waals surface area contributed by atoms with Gasteiger partial charge in [-0.25, -0.2) is 4.79 Å². The van der Waals surface area contributed by atoms with Crippen molar-refractivity contribution < 1.29 is 14.4 Å². The van der Waals surface area contributed by atoms with Gasteiger partial charge in [-0.1, -0.05) is 12.2 Å². The van der Waals surface area contributed by atoms with E-state index in [2.05, 4.69) is 36.0 Å². The molecule has 2 rings (SSSR count). The van der Waals surface area contributed by atoms with E-state index >= 15 is 0 Å². The normalized spacial score (nSPS) is 17.6. The fourth-order valence-electron chi connectivity index (χ4n) is 3.01. The fourth-order valence-corrected chi connectivity index (χ4v) is 3.01. The molecule has 0 aromatic heterocycles. The first-order chi connectivity index (χ1) is 13.0. The highest BCUT2D eigenvalue weighted by atomic mass is 16.2. The van der Waals surface area contributed by atoms with Crippen molar-refractivity contribution in [1.82, 2.24) is 10.2 Å². The van der Waals surface area contributed by atoms with Crippen LogP contribution in [0.4, 0.5) is 16.2 Å². The number of benzene rings is 1. The van der Waals surface area contributed by atoms with Crippen molar-refractivity contribution in [3.05, 3.63) is 48.7 Å². The molecule has 0 bridgehead atoms. The zero-order valence-electron chi connectivity index (χ0n) is 16.0. The minimum Gasteiger partial charge on any atom is -0.372 e. The highest BCUT2D eigenvalue weighted by Crippen LogP contribution is 2.24. The molecule has 1 aliphatic rings. The van der Waals surface area contributed by atoms with Crippen molar-refractivity contribution in [3.63, 3.8) is 0 Å². The molecule has 0 spiro atoms. The van der Waals surface area contributed by atoms with Crippen LogP contribution < -0.4 is 15.5 Å². The van der Waals surface area contributed by atoms with E-state index < -0.39 is 23.8 Å². The minimum absolute atomic E-state index is 0.0456. The van der Waals surface area contributed by atoms with Gasteiger partial charge in [-0.05, 0) is 45.0 Å². The standard InChI is InChI=1S/C20H26N4O3/c1-5-13-24-19(26)17(18(25)22-20(24)27)16(6-2)21-14-9-11-15(12-10-14)23(7-3)8-4/h5-6,9-12,17,21H,1,7-8,13H2,2-4H3,(H,22,25,27)/b16-6+/t17-/m0/s1. The van der Waals surface area contributed by atoms with Crippen molar-refractivity contribution >= 4 is 29.2 Å². The summed E-state index contributed by atoms with van der Waals surface area (Å²) >= 11 is 0. The van der Waals surface area contributed by atoms with Gasteiger partial charge in [-0.3, -0.25) is 19.8 Å². The van der Waals surface area contributed by atoms with Gasteiger partial charge in [0.25, 0.3) is 0 Å². The summed E-state index contributed by atoms with van der Waals surface area (Å²) in [5.74, 6) is -2.30. The maximum atomic E-state index is 12.7. The summed E-state index contributed by atoms with van der Waals surface area (Å²) in [5, 5.41) is 5.36. The topological polar surface area (TPSA) is 81.8 Å². The predicted octanol–water partition coefficient (Wildman–Crippen LogP) is 2.73. The SMILES string of the molecule is C=CCN1C(=O)NC(=O)[C@H](/C(=C\C)Nc2ccc(N(CC)CC)cc2)C1=O. The molecule has 0 unspecified atom stereocenters. The van der Waals surface area contributed by atoms with Gasteiger partial charge in [0.05, 0.1) is 0 Å². The molecule has 1 fully saturated rings. The number of rotatable bonds is 8. The van der Waals surface area contributed by atoms with Crippen LogP contribution in [0.5, 0.6) is 0 Å². The third-order valence-corrected chi connectivity index (χ3v) is 4.47. The second kappa shape index (κ2) is 9.02. The van der Waals surface area contributed by atoms with Crippen LogP contribution in [0.2, 0.25) is 0 Å². The van der Waals surface area contributed by atoms with Crippen LogP contribution in [0.25, 0.3) is 0 Å². The second-order valence-electron chi connectivity index (χ2n) is 6.05. The number of urea groups is 1. The molecule has 0 radical (unpaired) electrons. The maximum absolute atomic E-state index is 12.7. The average molecular weight is 370 g/mol. The van der Waals surface area contributed by atoms with E-state index in [-0.39, 0.29) is 6.54 Å². The number of carbonyl (C=O) groups excluding carboxylic acids is 3. The highest BCUT2D eigenvalue weighted by molar-refractivity contribution is 6.18. The van der Waals surface area contributed by atoms with Crippen molar-refractivity contribution in [2.24, 2.45) is 5.92 Å². The summed E-state index contributed by atoms with van der Waals surface area (Å²) in [5.41, 5.74) is 2.28. The number of nitrogens with one attached hydrogen (secondary N) is 2. The van der Waals surface area contributed by atoms with E-state index in [1.165, 1.54) is 6.08 Å². The fraction of sp³-hybridized carbons (Fsp3) is 0.350. The van der Waals surface area contributed by atoms with Gasteiger partial charge in [-0.2, -0.15) is 0 Å². The first-order valence-electron chi connectivity index (χ1n) is 9.02. The molecule has 2 N–H and O–H groups in total. The lowest BCUT2D eigenvalue weighted by molar-refractivity contribution is -0.140. The van der Waals surface area contributed by atoms with Crippen LogP contribution in [0.15, 0.2) is 48.7 Å². The van der Waals surface area contributed by atoms with E-state index in [1.54, 1.807) is 13.0 Å². The van der Waals surface area contributed by atoms with Crippen molar-refractivity contribution in [3.8, 4) is 0 Å². The maximum Gasteiger partial charge on any atom is 0.331 e. The Kier molecular flexibility index (Phi) is 6.76. The van der Waals surface area contributed by atoms with Crippen LogP contribution in [0.3, 0.4) is 0 Å². The predicted molar refractivity (Wildman–Crippen MR) is 106 cm³/mol. The first-order valence-corrected chi connectivity index (χ1v) is 9.02. The van der Waals surface area contributed by atoms with Crippen LogP contribution in [0, 0.1) is 5.92 Å². The molecular weight excluding hydrogens is 344 g/mol. The Morgan fingerprint density at radius 3 is 2.37 bits per heavy atom. The number of anilines is 2. The Labute approximate surface area is 159 Å². The molecule has 1 aromatic carbocycles. The Hall–Kier alpha value is -3.09. The van der Waals surface area contributed by atoms with Crippen molar-refractivity contribution in [2.75, 3.05) is 29.9 Å². The van der Waals surface area contributed by atoms with Crippen molar-refractivity contribution in [1.29, 1.82) is 0 Å². The molecule has 1 atom stereocenters. The van der Waals surface area contributed by atoms with E-state index in [1.807, 2.05) is 24.3 Å². The Morgan fingerprint density at radius 2 is 1.85 bits per heavy atom. The Morgan fingerprint density at radius 1 is 1.22 bits per heavy atom. The zero-order chi connectivity index (χ0) is 20.0. The largest absolute Gasteiger partial charge is 0.372 e. The van der Waals surface area contributed by atoms with Gasteiger partial charge < -0.3 is 10.2 Å². The summed E-state index contributed by atoms with van der Waals surface area (Å²) in [7, 11) is 0. The molecule has 1 saturated heterocycles. The molecule has 7 nitrogen and oxygen atoms in total. The van der Waals surface area contributed by atoms with Gasteiger partial charge in [0.2, 0.25) is 11.8 Å². The van der Waals surface area contributed by atoms with Gasteiger partial charge in [0, 0.05) is 36.7 Å². The van der Waals surface area contributed by atoms with E-state index in [9.17, 15) is 14.4 Å². The molecule has 4 amide bonds. The van der Waals surface area contributed by atoms with Gasteiger partial charge in [0.1, 0.15) is 0 Å². The Balaban J connectivity index is 2.21. The number of allylic oxidation sites excluding steroid dienone is 1. The lowest BCUT2D eigenvalue weighted by Gasteiger charge is -2.31. The number of hydrogen-bond donors (Lipinski definition) is 2. The van der Waals surface area contributed by atoms with Crippen LogP contribution in [-0.4, -0.2) is 42.4 Å². The van der Waals surface area contributed by atoms with Crippen molar-refractivity contribution in [2.45, 2.75) is 20.8 Å². The smallest absolute Gasteiger partial charge is 0.331 e. The summed E-state index contributed by atoms with van der Waals surface area (Å²) in [6.07, 6.45) is 3.11. The Bertz CT molecular complexity index is 751. The van der Waals surface area contributed by atoms with Gasteiger partial charge >= 0.3 is 6.03 Å². The monoisotopic (exact) mass is 370 g/mol. The van der Waals surface area contributed by atoms with Gasteiger partial charge in [-0.15, -0.1) is 6.58 Å². The molecule has 1 aromatic rings. The molecule has 1 aliphatic heterocycles. The number of imide groups is 2. The minimum atomic E-state index is -1.10. The van der Waals surface area contributed by atoms with Crippen LogP contribution in [-0.2, 0) is 9.59 Å². The number of barbiturate groups is 1. The summed E-state index contributed by atoms with van der Waals surface area (Å²) in [6.45, 7) is 11.3. The third-order valence-electron chi connectivity index (χ3n) is 4.47. The van der Waals surface area contributed by atoms with Crippen LogP contribution >= 0.6 is 0 Å². The molecule has 1 heterocycles. The quantitative estimate of drug-likeness (QED) is 0.543. The van der Waals surface area contributed by atoms with E-state index in [4.69, 9.17) is 0 Å². The van der Waals surface area contributed by atoms with E-state index in [0.29, 0.717) is 5.70 Å². The number of amides is 4. The number of hydrogen-bond acceptors (Lipinski definition) is 5. The number of carbonyl (C=O) groups is 3.